The quantitative estimate of drug-likeness (QED) is 0.547. The van der Waals surface area contributed by atoms with E-state index in [-0.39, 0.29) is 11.2 Å². The Bertz CT molecular complexity index is 1240. The van der Waals surface area contributed by atoms with Gasteiger partial charge in [-0.1, -0.05) is 0 Å². The smallest absolute Gasteiger partial charge is 0.360 e. The number of nitrogens with zero attached hydrogens (tertiary/aromatic N) is 7. The molecule has 4 rings (SSSR count). The van der Waals surface area contributed by atoms with Crippen LogP contribution in [0.25, 0.3) is 16.7 Å². The van der Waals surface area contributed by atoms with Crippen molar-refractivity contribution in [3.63, 3.8) is 0 Å². The molecule has 8 nitrogen and oxygen atoms in total. The molecule has 0 saturated heterocycles. The van der Waals surface area contributed by atoms with E-state index in [4.69, 9.17) is 5.26 Å². The highest BCUT2D eigenvalue weighted by atomic mass is 19.4. The molecule has 1 N–H and O–H groups in total. The summed E-state index contributed by atoms with van der Waals surface area (Å²) in [4.78, 5) is 16.6. The van der Waals surface area contributed by atoms with Crippen molar-refractivity contribution in [2.45, 2.75) is 19.1 Å². The van der Waals surface area contributed by atoms with Gasteiger partial charge in [-0.05, 0) is 37.3 Å². The van der Waals surface area contributed by atoms with Crippen molar-refractivity contribution in [3.8, 4) is 11.9 Å². The molecule has 0 bridgehead atoms. The minimum atomic E-state index is -4.48. The van der Waals surface area contributed by atoms with E-state index in [1.54, 1.807) is 19.1 Å². The summed E-state index contributed by atoms with van der Waals surface area (Å²) in [6.45, 7) is 1.77. The van der Waals surface area contributed by atoms with Gasteiger partial charge in [-0.3, -0.25) is 0 Å². The number of anilines is 1. The van der Waals surface area contributed by atoms with E-state index in [9.17, 15) is 13.2 Å². The van der Waals surface area contributed by atoms with Crippen LogP contribution in [-0.4, -0.2) is 29.7 Å². The zero-order valence-corrected chi connectivity index (χ0v) is 15.5. The van der Waals surface area contributed by atoms with Crippen molar-refractivity contribution in [2.24, 2.45) is 0 Å². The number of alkyl halides is 3. The Morgan fingerprint density at radius 1 is 1.07 bits per heavy atom. The Morgan fingerprint density at radius 2 is 1.90 bits per heavy atom. The second kappa shape index (κ2) is 7.40. The summed E-state index contributed by atoms with van der Waals surface area (Å²) in [6, 6.07) is 8.03. The lowest BCUT2D eigenvalue weighted by Crippen LogP contribution is -2.15. The molecule has 1 atom stereocenters. The molecule has 3 aromatic heterocycles. The second-order valence-electron chi connectivity index (χ2n) is 6.36. The molecule has 3 heterocycles. The topological polar surface area (TPSA) is 105 Å². The van der Waals surface area contributed by atoms with Gasteiger partial charge in [0.25, 0.3) is 0 Å². The van der Waals surface area contributed by atoms with Gasteiger partial charge in [0.1, 0.15) is 24.5 Å². The molecule has 1 aromatic carbocycles. The van der Waals surface area contributed by atoms with Crippen LogP contribution in [-0.2, 0) is 6.18 Å². The van der Waals surface area contributed by atoms with Gasteiger partial charge in [0.2, 0.25) is 0 Å². The predicted octanol–water partition coefficient (Wildman–Crippen LogP) is 3.67. The SMILES string of the molecule is CC(Nc1ncnc2ccc(C(F)(F)F)cc12)c1ncnn1-c1ccc(C#N)cn1. The van der Waals surface area contributed by atoms with Gasteiger partial charge >= 0.3 is 6.18 Å². The zero-order valence-electron chi connectivity index (χ0n) is 15.5. The minimum Gasteiger partial charge on any atom is -0.360 e. The summed E-state index contributed by atoms with van der Waals surface area (Å²) < 4.78 is 40.8. The molecular formula is C19H13F3N8. The average molecular weight is 410 g/mol. The van der Waals surface area contributed by atoms with Crippen molar-refractivity contribution in [2.75, 3.05) is 5.32 Å². The fraction of sp³-hybridized carbons (Fsp3) is 0.158. The molecule has 0 aliphatic heterocycles. The highest BCUT2D eigenvalue weighted by molar-refractivity contribution is 5.89. The first kappa shape index (κ1) is 19.3. The fourth-order valence-electron chi connectivity index (χ4n) is 2.92. The highest BCUT2D eigenvalue weighted by Gasteiger charge is 2.31. The number of hydrogen-bond acceptors (Lipinski definition) is 7. The minimum absolute atomic E-state index is 0.237. The maximum Gasteiger partial charge on any atom is 0.416 e. The number of halogens is 3. The number of pyridine rings is 1. The van der Waals surface area contributed by atoms with Gasteiger partial charge in [0.15, 0.2) is 11.6 Å². The maximum atomic E-state index is 13.1. The zero-order chi connectivity index (χ0) is 21.3. The normalized spacial score (nSPS) is 12.5. The first-order chi connectivity index (χ1) is 14.4. The van der Waals surface area contributed by atoms with Crippen molar-refractivity contribution in [3.05, 3.63) is 66.1 Å². The van der Waals surface area contributed by atoms with E-state index >= 15 is 0 Å². The standard InChI is InChI=1S/C19H13F3N8/c1-11(18-27-10-28-30(18)16-5-2-12(7-23)8-24-16)29-17-14-6-13(19(20,21)22)3-4-15(14)25-9-26-17/h2-6,8-11H,1H3,(H,25,26,29). The van der Waals surface area contributed by atoms with Gasteiger partial charge in [-0.15, -0.1) is 0 Å². The second-order valence-corrected chi connectivity index (χ2v) is 6.36. The highest BCUT2D eigenvalue weighted by Crippen LogP contribution is 2.33. The number of rotatable bonds is 4. The third kappa shape index (κ3) is 3.62. The van der Waals surface area contributed by atoms with Crippen LogP contribution in [0.3, 0.4) is 0 Å². The molecule has 0 saturated carbocycles. The van der Waals surface area contributed by atoms with Crippen molar-refractivity contribution in [1.82, 2.24) is 29.7 Å². The summed E-state index contributed by atoms with van der Waals surface area (Å²) in [5, 5.41) is 16.4. The lowest BCUT2D eigenvalue weighted by atomic mass is 10.1. The first-order valence-electron chi connectivity index (χ1n) is 8.72. The van der Waals surface area contributed by atoms with E-state index in [0.717, 1.165) is 12.1 Å². The number of hydrogen-bond donors (Lipinski definition) is 1. The summed E-state index contributed by atoms with van der Waals surface area (Å²) in [7, 11) is 0. The van der Waals surface area contributed by atoms with E-state index in [1.807, 2.05) is 6.07 Å². The van der Waals surface area contributed by atoms with Crippen LogP contribution in [0.5, 0.6) is 0 Å². The van der Waals surface area contributed by atoms with Crippen molar-refractivity contribution >= 4 is 16.7 Å². The summed E-state index contributed by atoms with van der Waals surface area (Å²) in [5.41, 5.74) is -0.00658. The van der Waals surface area contributed by atoms with Gasteiger partial charge in [-0.2, -0.15) is 28.2 Å². The van der Waals surface area contributed by atoms with E-state index in [1.165, 1.54) is 29.6 Å². The van der Waals surface area contributed by atoms with Gasteiger partial charge in [0.05, 0.1) is 22.7 Å². The monoisotopic (exact) mass is 410 g/mol. The molecule has 1 unspecified atom stereocenters. The number of nitriles is 1. The Balaban J connectivity index is 1.68. The van der Waals surface area contributed by atoms with Crippen LogP contribution in [0.2, 0.25) is 0 Å². The molecule has 0 spiro atoms. The lowest BCUT2D eigenvalue weighted by Gasteiger charge is -2.16. The molecule has 0 aliphatic rings. The maximum absolute atomic E-state index is 13.1. The molecular weight excluding hydrogens is 397 g/mol. The number of fused-ring (bicyclic) bond motifs is 1. The molecule has 30 heavy (non-hydrogen) atoms. The molecule has 150 valence electrons. The number of aromatic nitrogens is 6. The lowest BCUT2D eigenvalue weighted by molar-refractivity contribution is -0.137. The molecule has 11 heteroatoms. The summed E-state index contributed by atoms with van der Waals surface area (Å²) in [5.74, 6) is 1.15. The average Bonchev–Trinajstić information content (AvgIpc) is 3.23. The Morgan fingerprint density at radius 3 is 2.60 bits per heavy atom. The Kier molecular flexibility index (Phi) is 4.75. The third-order valence-electron chi connectivity index (χ3n) is 4.37. The van der Waals surface area contributed by atoms with Gasteiger partial charge < -0.3 is 5.32 Å². The molecule has 4 aromatic rings. The van der Waals surface area contributed by atoms with Crippen LogP contribution in [0.4, 0.5) is 19.0 Å². The molecule has 0 aliphatic carbocycles. The Hall–Kier alpha value is -4.07. The fourth-order valence-corrected chi connectivity index (χ4v) is 2.92. The van der Waals surface area contributed by atoms with Crippen LogP contribution in [0.1, 0.15) is 29.9 Å². The Labute approximate surface area is 168 Å². The van der Waals surface area contributed by atoms with Crippen molar-refractivity contribution in [1.29, 1.82) is 5.26 Å². The largest absolute Gasteiger partial charge is 0.416 e. The number of nitrogens with one attached hydrogen (secondary N) is 1. The number of benzene rings is 1. The summed E-state index contributed by atoms with van der Waals surface area (Å²) >= 11 is 0. The molecule has 0 radical (unpaired) electrons. The van der Waals surface area contributed by atoms with E-state index < -0.39 is 17.8 Å². The van der Waals surface area contributed by atoms with E-state index in [2.05, 4.69) is 30.4 Å². The van der Waals surface area contributed by atoms with Crippen LogP contribution < -0.4 is 5.32 Å². The van der Waals surface area contributed by atoms with Gasteiger partial charge in [-0.25, -0.2) is 19.9 Å². The van der Waals surface area contributed by atoms with Crippen LogP contribution in [0, 0.1) is 11.3 Å². The first-order valence-corrected chi connectivity index (χ1v) is 8.72. The van der Waals surface area contributed by atoms with Crippen LogP contribution >= 0.6 is 0 Å². The predicted molar refractivity (Wildman–Crippen MR) is 100 cm³/mol. The van der Waals surface area contributed by atoms with Crippen molar-refractivity contribution < 1.29 is 13.2 Å². The third-order valence-corrected chi connectivity index (χ3v) is 4.37. The van der Waals surface area contributed by atoms with Gasteiger partial charge in [0, 0.05) is 11.6 Å². The molecule has 0 fully saturated rings. The van der Waals surface area contributed by atoms with E-state index in [0.29, 0.717) is 22.7 Å². The molecule has 0 amide bonds. The summed E-state index contributed by atoms with van der Waals surface area (Å²) in [6.07, 6.45) is -0.450. The van der Waals surface area contributed by atoms with Crippen LogP contribution in [0.15, 0.2) is 49.2 Å².